The summed E-state index contributed by atoms with van der Waals surface area (Å²) in [5.41, 5.74) is 1.46. The molecule has 17 heavy (non-hydrogen) atoms. The smallest absolute Gasteiger partial charge is 0.0420 e. The van der Waals surface area contributed by atoms with Crippen molar-refractivity contribution in [3.05, 3.63) is 21.9 Å². The molecular weight excluding hydrogens is 246 g/mol. The van der Waals surface area contributed by atoms with E-state index in [9.17, 15) is 0 Å². The predicted octanol–water partition coefficient (Wildman–Crippen LogP) is 4.24. The molecule has 1 saturated heterocycles. The van der Waals surface area contributed by atoms with Gasteiger partial charge in [0.25, 0.3) is 0 Å². The molecule has 96 valence electrons. The number of hydrogen-bond acceptors (Lipinski definition) is 3. The second-order valence-corrected chi connectivity index (χ2v) is 7.04. The van der Waals surface area contributed by atoms with Gasteiger partial charge in [0.05, 0.1) is 0 Å². The van der Waals surface area contributed by atoms with Gasteiger partial charge in [0.2, 0.25) is 0 Å². The minimum atomic E-state index is 0.591. The Hall–Kier alpha value is 0.0100. The summed E-state index contributed by atoms with van der Waals surface area (Å²) in [5, 5.41) is 5.90. The SMILES string of the molecule is CCNC(CC1CCSCC1)c1sccc1C. The third-order valence-electron chi connectivity index (χ3n) is 3.58. The van der Waals surface area contributed by atoms with Crippen LogP contribution >= 0.6 is 23.1 Å². The first-order chi connectivity index (χ1) is 8.31. The van der Waals surface area contributed by atoms with Gasteiger partial charge in [-0.25, -0.2) is 0 Å². The van der Waals surface area contributed by atoms with Gasteiger partial charge in [-0.3, -0.25) is 0 Å². The zero-order valence-corrected chi connectivity index (χ0v) is 12.5. The maximum absolute atomic E-state index is 3.68. The topological polar surface area (TPSA) is 12.0 Å². The number of nitrogens with one attached hydrogen (secondary N) is 1. The zero-order valence-electron chi connectivity index (χ0n) is 10.9. The van der Waals surface area contributed by atoms with Crippen LogP contribution in [0.3, 0.4) is 0 Å². The monoisotopic (exact) mass is 269 g/mol. The average molecular weight is 269 g/mol. The lowest BCUT2D eigenvalue weighted by molar-refractivity contribution is 0.377. The van der Waals surface area contributed by atoms with Crippen molar-refractivity contribution in [2.45, 2.75) is 39.2 Å². The van der Waals surface area contributed by atoms with Gasteiger partial charge in [-0.1, -0.05) is 6.92 Å². The van der Waals surface area contributed by atoms with E-state index in [1.807, 2.05) is 11.3 Å². The van der Waals surface area contributed by atoms with E-state index in [2.05, 4.69) is 42.4 Å². The van der Waals surface area contributed by atoms with Crippen molar-refractivity contribution in [2.75, 3.05) is 18.1 Å². The summed E-state index contributed by atoms with van der Waals surface area (Å²) in [6, 6.07) is 2.84. The molecule has 0 radical (unpaired) electrons. The van der Waals surface area contributed by atoms with E-state index >= 15 is 0 Å². The molecule has 1 aliphatic heterocycles. The summed E-state index contributed by atoms with van der Waals surface area (Å²) >= 11 is 4.04. The van der Waals surface area contributed by atoms with Crippen LogP contribution in [0.5, 0.6) is 0 Å². The molecule has 0 bridgehead atoms. The molecule has 2 rings (SSSR count). The number of thiophene rings is 1. The first-order valence-corrected chi connectivity index (χ1v) is 8.69. The van der Waals surface area contributed by atoms with Gasteiger partial charge in [-0.2, -0.15) is 11.8 Å². The van der Waals surface area contributed by atoms with Crippen molar-refractivity contribution in [3.8, 4) is 0 Å². The Morgan fingerprint density at radius 1 is 1.41 bits per heavy atom. The van der Waals surface area contributed by atoms with Gasteiger partial charge in [-0.05, 0) is 67.2 Å². The van der Waals surface area contributed by atoms with E-state index in [0.29, 0.717) is 6.04 Å². The highest BCUT2D eigenvalue weighted by atomic mass is 32.2. The molecule has 1 aromatic rings. The largest absolute Gasteiger partial charge is 0.310 e. The van der Waals surface area contributed by atoms with Gasteiger partial charge < -0.3 is 5.32 Å². The zero-order chi connectivity index (χ0) is 12.1. The number of aryl methyl sites for hydroxylation is 1. The highest BCUT2D eigenvalue weighted by Crippen LogP contribution is 2.34. The summed E-state index contributed by atoms with van der Waals surface area (Å²) in [6.45, 7) is 5.53. The third kappa shape index (κ3) is 3.73. The van der Waals surface area contributed by atoms with Crippen molar-refractivity contribution in [2.24, 2.45) is 5.92 Å². The second-order valence-electron chi connectivity index (χ2n) is 4.87. The van der Waals surface area contributed by atoms with Crippen LogP contribution < -0.4 is 5.32 Å². The number of hydrogen-bond donors (Lipinski definition) is 1. The fourth-order valence-corrected chi connectivity index (χ4v) is 4.81. The van der Waals surface area contributed by atoms with Crippen LogP contribution in [0.15, 0.2) is 11.4 Å². The van der Waals surface area contributed by atoms with Gasteiger partial charge in [0.1, 0.15) is 0 Å². The number of thioether (sulfide) groups is 1. The Balaban J connectivity index is 1.99. The molecule has 0 aromatic carbocycles. The van der Waals surface area contributed by atoms with Crippen molar-refractivity contribution < 1.29 is 0 Å². The first-order valence-electron chi connectivity index (χ1n) is 6.66. The standard InChI is InChI=1S/C14H23NS2/c1-3-15-13(14-11(2)4-9-17-14)10-12-5-7-16-8-6-12/h4,9,12-13,15H,3,5-8,10H2,1-2H3. The molecule has 1 aliphatic rings. The van der Waals surface area contributed by atoms with E-state index in [1.165, 1.54) is 36.3 Å². The Bertz CT molecular complexity index is 329. The maximum Gasteiger partial charge on any atom is 0.0420 e. The lowest BCUT2D eigenvalue weighted by atomic mass is 9.93. The molecule has 0 spiro atoms. The van der Waals surface area contributed by atoms with Crippen molar-refractivity contribution in [1.82, 2.24) is 5.32 Å². The van der Waals surface area contributed by atoms with E-state index in [4.69, 9.17) is 0 Å². The first kappa shape index (κ1) is 13.4. The van der Waals surface area contributed by atoms with E-state index in [0.717, 1.165) is 12.5 Å². The fourth-order valence-electron chi connectivity index (χ4n) is 2.59. The molecule has 1 nitrogen and oxygen atoms in total. The molecule has 1 unspecified atom stereocenters. The minimum Gasteiger partial charge on any atom is -0.310 e. The lowest BCUT2D eigenvalue weighted by Gasteiger charge is -2.26. The van der Waals surface area contributed by atoms with Crippen LogP contribution in [0.1, 0.15) is 42.7 Å². The van der Waals surface area contributed by atoms with E-state index < -0.39 is 0 Å². The molecule has 1 aromatic heterocycles. The predicted molar refractivity (Wildman–Crippen MR) is 80.1 cm³/mol. The molecule has 3 heteroatoms. The Morgan fingerprint density at radius 2 is 2.18 bits per heavy atom. The summed E-state index contributed by atoms with van der Waals surface area (Å²) in [5.74, 6) is 3.67. The van der Waals surface area contributed by atoms with Crippen LogP contribution in [0, 0.1) is 12.8 Å². The molecule has 0 saturated carbocycles. The minimum absolute atomic E-state index is 0.591. The van der Waals surface area contributed by atoms with Crippen LogP contribution in [0.4, 0.5) is 0 Å². The van der Waals surface area contributed by atoms with Crippen molar-refractivity contribution >= 4 is 23.1 Å². The quantitative estimate of drug-likeness (QED) is 0.858. The second kappa shape index (κ2) is 6.81. The maximum atomic E-state index is 3.68. The van der Waals surface area contributed by atoms with Crippen LogP contribution in [-0.2, 0) is 0 Å². The molecule has 1 atom stereocenters. The van der Waals surface area contributed by atoms with Crippen LogP contribution in [0.25, 0.3) is 0 Å². The van der Waals surface area contributed by atoms with E-state index in [-0.39, 0.29) is 0 Å². The van der Waals surface area contributed by atoms with Gasteiger partial charge >= 0.3 is 0 Å². The summed E-state index contributed by atoms with van der Waals surface area (Å²) in [4.78, 5) is 1.56. The van der Waals surface area contributed by atoms with Gasteiger partial charge in [0, 0.05) is 10.9 Å². The fraction of sp³-hybridized carbons (Fsp3) is 0.714. The van der Waals surface area contributed by atoms with Crippen LogP contribution in [-0.4, -0.2) is 18.1 Å². The lowest BCUT2D eigenvalue weighted by Crippen LogP contribution is -2.24. The van der Waals surface area contributed by atoms with Crippen molar-refractivity contribution in [1.29, 1.82) is 0 Å². The third-order valence-corrected chi connectivity index (χ3v) is 5.76. The molecule has 0 aliphatic carbocycles. The van der Waals surface area contributed by atoms with E-state index in [1.54, 1.807) is 4.88 Å². The number of rotatable bonds is 5. The molecule has 1 N–H and O–H groups in total. The molecular formula is C14H23NS2. The van der Waals surface area contributed by atoms with Crippen LogP contribution in [0.2, 0.25) is 0 Å². The highest BCUT2D eigenvalue weighted by molar-refractivity contribution is 7.99. The summed E-state index contributed by atoms with van der Waals surface area (Å²) < 4.78 is 0. The van der Waals surface area contributed by atoms with Gasteiger partial charge in [0.15, 0.2) is 0 Å². The Labute approximate surface area is 113 Å². The molecule has 1 fully saturated rings. The molecule has 2 heterocycles. The molecule has 0 amide bonds. The summed E-state index contributed by atoms with van der Waals surface area (Å²) in [7, 11) is 0. The summed E-state index contributed by atoms with van der Waals surface area (Å²) in [6.07, 6.45) is 4.16. The normalized spacial score (nSPS) is 19.4. The van der Waals surface area contributed by atoms with Gasteiger partial charge in [-0.15, -0.1) is 11.3 Å². The Morgan fingerprint density at radius 3 is 2.76 bits per heavy atom. The average Bonchev–Trinajstić information content (AvgIpc) is 2.76. The highest BCUT2D eigenvalue weighted by Gasteiger charge is 2.21. The Kier molecular flexibility index (Phi) is 5.39. The van der Waals surface area contributed by atoms with Crippen molar-refractivity contribution in [3.63, 3.8) is 0 Å².